The first-order chi connectivity index (χ1) is 22.7. The van der Waals surface area contributed by atoms with E-state index in [0.717, 1.165) is 41.0 Å². The summed E-state index contributed by atoms with van der Waals surface area (Å²) in [5, 5.41) is 24.3. The van der Waals surface area contributed by atoms with Gasteiger partial charge in [0.25, 0.3) is 0 Å². The lowest BCUT2D eigenvalue weighted by atomic mass is 9.86. The van der Waals surface area contributed by atoms with Crippen molar-refractivity contribution in [1.82, 2.24) is 29.3 Å². The van der Waals surface area contributed by atoms with E-state index < -0.39 is 11.5 Å². The molecule has 0 spiro atoms. The number of nitrogens with zero attached hydrogens (tertiary/aromatic N) is 8. The molecular formula is C36H48N8O3. The van der Waals surface area contributed by atoms with Crippen molar-refractivity contribution >= 4 is 22.7 Å². The minimum Gasteiger partial charge on any atom is -0.477 e. The normalized spacial score (nSPS) is 14.3. The van der Waals surface area contributed by atoms with Gasteiger partial charge in [-0.05, 0) is 36.5 Å². The standard InChI is InChI=1S/C36H48N8O3/c1-35(2,3)16-11-9-7-5-4-6-8-10-12-20-47-27-42-19-15-30-32(39-26-40-33(30)42)28-21-41-44(23-28)36(17-18-37)24-43(25-36)29-13-14-31(34(45)46)38-22-29/h13-15,19,21-23,26H,4-12,16-17,20,24-25,27H2,1-3H3,(H,45,46). The fourth-order valence-electron chi connectivity index (χ4n) is 6.33. The van der Waals surface area contributed by atoms with E-state index in [2.05, 4.69) is 51.8 Å². The number of hydrogen-bond acceptors (Lipinski definition) is 8. The number of carbonyl (C=O) groups is 1. The average Bonchev–Trinajstić information content (AvgIpc) is 3.69. The van der Waals surface area contributed by atoms with Gasteiger partial charge >= 0.3 is 5.97 Å². The number of aromatic carboxylic acids is 1. The summed E-state index contributed by atoms with van der Waals surface area (Å²) in [5.41, 5.74) is 3.21. The number of anilines is 1. The van der Waals surface area contributed by atoms with Crippen LogP contribution in [0.4, 0.5) is 5.69 Å². The summed E-state index contributed by atoms with van der Waals surface area (Å²) in [5.74, 6) is -1.06. The Morgan fingerprint density at radius 3 is 2.36 bits per heavy atom. The summed E-state index contributed by atoms with van der Waals surface area (Å²) < 4.78 is 9.88. The zero-order valence-electron chi connectivity index (χ0n) is 28.1. The maximum Gasteiger partial charge on any atom is 0.354 e. The highest BCUT2D eigenvalue weighted by molar-refractivity contribution is 5.90. The molecule has 1 fully saturated rings. The van der Waals surface area contributed by atoms with Crippen molar-refractivity contribution in [1.29, 1.82) is 5.26 Å². The molecule has 0 bridgehead atoms. The van der Waals surface area contributed by atoms with Gasteiger partial charge in [-0.2, -0.15) is 10.4 Å². The summed E-state index contributed by atoms with van der Waals surface area (Å²) in [6.07, 6.45) is 22.1. The Morgan fingerprint density at radius 1 is 0.979 bits per heavy atom. The maximum atomic E-state index is 11.2. The Hall–Kier alpha value is -4.30. The quantitative estimate of drug-likeness (QED) is 0.110. The highest BCUT2D eigenvalue weighted by Gasteiger charge is 2.46. The van der Waals surface area contributed by atoms with Crippen LogP contribution in [0.3, 0.4) is 0 Å². The predicted octanol–water partition coefficient (Wildman–Crippen LogP) is 7.44. The molecule has 1 aliphatic rings. The van der Waals surface area contributed by atoms with Gasteiger partial charge in [-0.3, -0.25) is 4.68 Å². The number of fused-ring (bicyclic) bond motifs is 1. The number of carboxylic acids is 1. The summed E-state index contributed by atoms with van der Waals surface area (Å²) in [4.78, 5) is 26.4. The first-order valence-corrected chi connectivity index (χ1v) is 16.9. The van der Waals surface area contributed by atoms with Crippen LogP contribution in [0, 0.1) is 16.7 Å². The van der Waals surface area contributed by atoms with Crippen molar-refractivity contribution in [2.24, 2.45) is 5.41 Å². The Kier molecular flexibility index (Phi) is 11.2. The molecule has 250 valence electrons. The molecule has 5 rings (SSSR count). The van der Waals surface area contributed by atoms with Crippen molar-refractivity contribution in [3.05, 3.63) is 55.0 Å². The summed E-state index contributed by atoms with van der Waals surface area (Å²) in [7, 11) is 0. The molecule has 0 aliphatic carbocycles. The van der Waals surface area contributed by atoms with Gasteiger partial charge in [-0.1, -0.05) is 72.1 Å². The van der Waals surface area contributed by atoms with Crippen LogP contribution in [0.5, 0.6) is 0 Å². The van der Waals surface area contributed by atoms with Crippen molar-refractivity contribution < 1.29 is 14.6 Å². The average molecular weight is 641 g/mol. The number of pyridine rings is 1. The molecule has 4 aromatic rings. The lowest BCUT2D eigenvalue weighted by Crippen LogP contribution is -2.63. The zero-order chi connectivity index (χ0) is 33.3. The Labute approximate surface area is 277 Å². The number of ether oxygens (including phenoxy) is 1. The highest BCUT2D eigenvalue weighted by atomic mass is 16.5. The van der Waals surface area contributed by atoms with Crippen molar-refractivity contribution in [3.8, 4) is 17.3 Å². The monoisotopic (exact) mass is 640 g/mol. The molecule has 0 radical (unpaired) electrons. The molecule has 0 aromatic carbocycles. The summed E-state index contributed by atoms with van der Waals surface area (Å²) >= 11 is 0. The number of carboxylic acid groups (broad SMARTS) is 1. The summed E-state index contributed by atoms with van der Waals surface area (Å²) in [6.45, 7) is 9.27. The van der Waals surface area contributed by atoms with Crippen LogP contribution in [-0.2, 0) is 17.0 Å². The van der Waals surface area contributed by atoms with Gasteiger partial charge in [0, 0.05) is 43.0 Å². The number of nitriles is 1. The Bertz CT molecular complexity index is 1640. The molecule has 0 atom stereocenters. The molecular weight excluding hydrogens is 592 g/mol. The fraction of sp³-hybridized carbons (Fsp3) is 0.556. The van der Waals surface area contributed by atoms with E-state index in [-0.39, 0.29) is 12.1 Å². The van der Waals surface area contributed by atoms with E-state index in [0.29, 0.717) is 25.2 Å². The van der Waals surface area contributed by atoms with Gasteiger partial charge in [-0.25, -0.2) is 19.7 Å². The van der Waals surface area contributed by atoms with Crippen LogP contribution in [0.15, 0.2) is 49.3 Å². The number of aromatic nitrogens is 6. The van der Waals surface area contributed by atoms with Gasteiger partial charge in [0.2, 0.25) is 0 Å². The zero-order valence-corrected chi connectivity index (χ0v) is 28.1. The van der Waals surface area contributed by atoms with E-state index in [4.69, 9.17) is 9.84 Å². The van der Waals surface area contributed by atoms with Crippen LogP contribution in [0.25, 0.3) is 22.3 Å². The summed E-state index contributed by atoms with van der Waals surface area (Å²) in [6, 6.07) is 7.56. The van der Waals surface area contributed by atoms with E-state index in [9.17, 15) is 10.1 Å². The first kappa shape index (κ1) is 34.0. The topological polar surface area (TPSA) is 135 Å². The van der Waals surface area contributed by atoms with E-state index in [1.54, 1.807) is 24.8 Å². The van der Waals surface area contributed by atoms with Crippen LogP contribution >= 0.6 is 0 Å². The largest absolute Gasteiger partial charge is 0.477 e. The van der Waals surface area contributed by atoms with E-state index in [1.807, 2.05) is 27.7 Å². The van der Waals surface area contributed by atoms with Crippen LogP contribution in [0.2, 0.25) is 0 Å². The second-order valence-electron chi connectivity index (χ2n) is 14.1. The van der Waals surface area contributed by atoms with Crippen LogP contribution < -0.4 is 4.90 Å². The molecule has 5 heterocycles. The first-order valence-electron chi connectivity index (χ1n) is 16.9. The predicted molar refractivity (Wildman–Crippen MR) is 182 cm³/mol. The maximum absolute atomic E-state index is 11.2. The van der Waals surface area contributed by atoms with E-state index in [1.165, 1.54) is 63.9 Å². The highest BCUT2D eigenvalue weighted by Crippen LogP contribution is 2.37. The SMILES string of the molecule is CC(C)(C)CCCCCCCCCCCOCn1ccc2c(-c3cnn(C4(CC#N)CN(c5ccc(C(=O)O)nc5)C4)c3)ncnc21. The second-order valence-corrected chi connectivity index (χ2v) is 14.1. The molecule has 0 unspecified atom stereocenters. The Balaban J connectivity index is 1.08. The minimum atomic E-state index is -1.06. The van der Waals surface area contributed by atoms with E-state index >= 15 is 0 Å². The third-order valence-electron chi connectivity index (χ3n) is 9.05. The number of unbranched alkanes of at least 4 members (excludes halogenated alkanes) is 8. The molecule has 11 heteroatoms. The van der Waals surface area contributed by atoms with Gasteiger partial charge in [0.1, 0.15) is 29.9 Å². The van der Waals surface area contributed by atoms with Crippen molar-refractivity contribution in [3.63, 3.8) is 0 Å². The smallest absolute Gasteiger partial charge is 0.354 e. The molecule has 47 heavy (non-hydrogen) atoms. The van der Waals surface area contributed by atoms with Crippen LogP contribution in [0.1, 0.15) is 102 Å². The molecule has 0 saturated carbocycles. The lowest BCUT2D eigenvalue weighted by molar-refractivity contribution is 0.0690. The lowest BCUT2D eigenvalue weighted by Gasteiger charge is -2.50. The Morgan fingerprint density at radius 2 is 1.70 bits per heavy atom. The van der Waals surface area contributed by atoms with Gasteiger partial charge in [0.15, 0.2) is 0 Å². The minimum absolute atomic E-state index is 0.000302. The van der Waals surface area contributed by atoms with Crippen LogP contribution in [-0.4, -0.2) is 60.1 Å². The third-order valence-corrected chi connectivity index (χ3v) is 9.05. The third kappa shape index (κ3) is 8.74. The number of rotatable bonds is 18. The molecule has 1 N–H and O–H groups in total. The molecule has 1 saturated heterocycles. The van der Waals surface area contributed by atoms with Gasteiger partial charge in [-0.15, -0.1) is 0 Å². The molecule has 11 nitrogen and oxygen atoms in total. The van der Waals surface area contributed by atoms with Crippen molar-refractivity contribution in [2.75, 3.05) is 24.6 Å². The molecule has 1 aliphatic heterocycles. The molecule has 0 amide bonds. The number of hydrogen-bond donors (Lipinski definition) is 1. The fourth-order valence-corrected chi connectivity index (χ4v) is 6.33. The van der Waals surface area contributed by atoms with Gasteiger partial charge in [0.05, 0.1) is 36.3 Å². The van der Waals surface area contributed by atoms with Crippen molar-refractivity contribution in [2.45, 2.75) is 104 Å². The molecule has 4 aromatic heterocycles. The van der Waals surface area contributed by atoms with Gasteiger partial charge < -0.3 is 19.3 Å². The second kappa shape index (κ2) is 15.5.